The summed E-state index contributed by atoms with van der Waals surface area (Å²) in [5.74, 6) is -0.831. The Hall–Kier alpha value is -2.99. The van der Waals surface area contributed by atoms with Crippen molar-refractivity contribution in [3.05, 3.63) is 95.4 Å². The SMILES string of the molecule is C[C@H](NC(=O)C[NH2+][C@H](c1ccccc1)c1ccco1)c1ccc(F)cc1F. The van der Waals surface area contributed by atoms with Crippen LogP contribution in [0.15, 0.2) is 71.3 Å². The molecule has 3 rings (SSSR count). The molecule has 0 saturated carbocycles. The standard InChI is InChI=1S/C21H20F2N2O2/c1-14(17-10-9-16(22)12-18(17)23)25-20(26)13-24-21(19-8-5-11-27-19)15-6-3-2-4-7-15/h2-12,14,21,24H,13H2,1H3,(H,25,26)/p+1/t14-,21+/m0/s1. The number of nitrogens with one attached hydrogen (secondary N) is 1. The molecule has 0 bridgehead atoms. The molecule has 6 heteroatoms. The van der Waals surface area contributed by atoms with Gasteiger partial charge < -0.3 is 15.1 Å². The van der Waals surface area contributed by atoms with Gasteiger partial charge in [-0.15, -0.1) is 0 Å². The molecule has 2 atom stereocenters. The van der Waals surface area contributed by atoms with Crippen molar-refractivity contribution in [3.8, 4) is 0 Å². The average Bonchev–Trinajstić information content (AvgIpc) is 3.17. The third-order valence-electron chi connectivity index (χ3n) is 4.35. The molecule has 1 aromatic heterocycles. The Labute approximate surface area is 156 Å². The molecular formula is C21H21F2N2O2+. The molecule has 2 aromatic carbocycles. The van der Waals surface area contributed by atoms with Gasteiger partial charge in [-0.05, 0) is 25.1 Å². The summed E-state index contributed by atoms with van der Waals surface area (Å²) < 4.78 is 32.4. The van der Waals surface area contributed by atoms with E-state index >= 15 is 0 Å². The monoisotopic (exact) mass is 371 g/mol. The number of halogens is 2. The van der Waals surface area contributed by atoms with Gasteiger partial charge in [0.1, 0.15) is 11.6 Å². The number of hydrogen-bond donors (Lipinski definition) is 2. The number of carbonyl (C=O) groups is 1. The van der Waals surface area contributed by atoms with Crippen LogP contribution in [0, 0.1) is 11.6 Å². The normalized spacial score (nSPS) is 13.1. The fourth-order valence-electron chi connectivity index (χ4n) is 3.00. The van der Waals surface area contributed by atoms with Crippen molar-refractivity contribution >= 4 is 5.91 Å². The van der Waals surface area contributed by atoms with Crippen LogP contribution in [0.3, 0.4) is 0 Å². The van der Waals surface area contributed by atoms with Crippen LogP contribution in [-0.4, -0.2) is 12.5 Å². The van der Waals surface area contributed by atoms with Crippen LogP contribution in [0.5, 0.6) is 0 Å². The molecule has 4 nitrogen and oxygen atoms in total. The molecule has 0 aliphatic carbocycles. The van der Waals surface area contributed by atoms with E-state index in [1.807, 2.05) is 41.7 Å². The summed E-state index contributed by atoms with van der Waals surface area (Å²) in [4.78, 5) is 12.3. The number of benzene rings is 2. The summed E-state index contributed by atoms with van der Waals surface area (Å²) in [6.07, 6.45) is 1.60. The van der Waals surface area contributed by atoms with E-state index in [-0.39, 0.29) is 24.1 Å². The predicted molar refractivity (Wildman–Crippen MR) is 96.7 cm³/mol. The first-order valence-corrected chi connectivity index (χ1v) is 8.70. The van der Waals surface area contributed by atoms with Crippen molar-refractivity contribution in [3.63, 3.8) is 0 Å². The van der Waals surface area contributed by atoms with Crippen molar-refractivity contribution < 1.29 is 23.3 Å². The van der Waals surface area contributed by atoms with Gasteiger partial charge in [0.15, 0.2) is 18.3 Å². The van der Waals surface area contributed by atoms with Crippen LogP contribution in [0.4, 0.5) is 8.78 Å². The summed E-state index contributed by atoms with van der Waals surface area (Å²) in [7, 11) is 0. The number of furan rings is 1. The molecule has 3 aromatic rings. The lowest BCUT2D eigenvalue weighted by Gasteiger charge is -2.17. The van der Waals surface area contributed by atoms with Crippen molar-refractivity contribution in [1.82, 2.24) is 5.32 Å². The number of amides is 1. The van der Waals surface area contributed by atoms with Gasteiger partial charge in [0.2, 0.25) is 0 Å². The highest BCUT2D eigenvalue weighted by molar-refractivity contribution is 5.77. The molecule has 1 amide bonds. The number of rotatable bonds is 7. The van der Waals surface area contributed by atoms with E-state index in [4.69, 9.17) is 4.42 Å². The molecule has 0 spiro atoms. The molecule has 27 heavy (non-hydrogen) atoms. The number of nitrogens with two attached hydrogens (primary N) is 1. The molecule has 3 N–H and O–H groups in total. The highest BCUT2D eigenvalue weighted by Crippen LogP contribution is 2.19. The maximum atomic E-state index is 13.9. The van der Waals surface area contributed by atoms with Crippen LogP contribution >= 0.6 is 0 Å². The average molecular weight is 371 g/mol. The minimum atomic E-state index is -0.676. The van der Waals surface area contributed by atoms with Crippen LogP contribution in [0.2, 0.25) is 0 Å². The van der Waals surface area contributed by atoms with E-state index in [2.05, 4.69) is 5.32 Å². The lowest BCUT2D eigenvalue weighted by Crippen LogP contribution is -2.87. The fraction of sp³-hybridized carbons (Fsp3) is 0.190. The Morgan fingerprint density at radius 1 is 1.11 bits per heavy atom. The van der Waals surface area contributed by atoms with Crippen LogP contribution in [0.1, 0.15) is 35.9 Å². The van der Waals surface area contributed by atoms with Gasteiger partial charge in [-0.1, -0.05) is 36.4 Å². The Morgan fingerprint density at radius 2 is 1.89 bits per heavy atom. The number of carbonyl (C=O) groups excluding carboxylic acids is 1. The van der Waals surface area contributed by atoms with E-state index < -0.39 is 17.7 Å². The van der Waals surface area contributed by atoms with Gasteiger partial charge in [0, 0.05) is 17.2 Å². The molecule has 0 aliphatic heterocycles. The molecule has 0 unspecified atom stereocenters. The quantitative estimate of drug-likeness (QED) is 0.671. The van der Waals surface area contributed by atoms with E-state index in [0.29, 0.717) is 0 Å². The maximum Gasteiger partial charge on any atom is 0.275 e. The van der Waals surface area contributed by atoms with Gasteiger partial charge in [0.25, 0.3) is 5.91 Å². The van der Waals surface area contributed by atoms with Crippen LogP contribution in [0.25, 0.3) is 0 Å². The molecule has 0 saturated heterocycles. The lowest BCUT2D eigenvalue weighted by molar-refractivity contribution is -0.678. The Kier molecular flexibility index (Phi) is 5.98. The zero-order chi connectivity index (χ0) is 19.2. The highest BCUT2D eigenvalue weighted by atomic mass is 19.1. The van der Waals surface area contributed by atoms with E-state index in [1.165, 1.54) is 12.1 Å². The number of quaternary nitrogens is 1. The van der Waals surface area contributed by atoms with Crippen molar-refractivity contribution in [2.24, 2.45) is 0 Å². The van der Waals surface area contributed by atoms with Crippen molar-refractivity contribution in [2.75, 3.05) is 6.54 Å². The Morgan fingerprint density at radius 3 is 2.56 bits per heavy atom. The molecular weight excluding hydrogens is 350 g/mol. The molecule has 0 radical (unpaired) electrons. The Bertz CT molecular complexity index is 882. The zero-order valence-electron chi connectivity index (χ0n) is 14.9. The minimum Gasteiger partial charge on any atom is -0.463 e. The summed E-state index contributed by atoms with van der Waals surface area (Å²) in [6, 6.07) is 16.0. The van der Waals surface area contributed by atoms with Crippen molar-refractivity contribution in [2.45, 2.75) is 19.0 Å². The van der Waals surface area contributed by atoms with Gasteiger partial charge in [-0.2, -0.15) is 0 Å². The maximum absolute atomic E-state index is 13.9. The predicted octanol–water partition coefficient (Wildman–Crippen LogP) is 3.09. The fourth-order valence-corrected chi connectivity index (χ4v) is 3.00. The third-order valence-corrected chi connectivity index (χ3v) is 4.35. The second kappa shape index (κ2) is 8.60. The minimum absolute atomic E-state index is 0.132. The third kappa shape index (κ3) is 4.80. The van der Waals surface area contributed by atoms with E-state index in [9.17, 15) is 13.6 Å². The number of hydrogen-bond acceptors (Lipinski definition) is 2. The molecule has 0 aliphatic rings. The van der Waals surface area contributed by atoms with Gasteiger partial charge in [-0.25, -0.2) is 8.78 Å². The Balaban J connectivity index is 1.64. The van der Waals surface area contributed by atoms with Crippen LogP contribution in [-0.2, 0) is 4.79 Å². The van der Waals surface area contributed by atoms with Gasteiger partial charge in [-0.3, -0.25) is 4.79 Å². The van der Waals surface area contributed by atoms with Crippen LogP contribution < -0.4 is 10.6 Å². The van der Waals surface area contributed by atoms with E-state index in [0.717, 1.165) is 17.4 Å². The van der Waals surface area contributed by atoms with Gasteiger partial charge in [0.05, 0.1) is 12.3 Å². The summed E-state index contributed by atoms with van der Waals surface area (Å²) in [5.41, 5.74) is 1.26. The summed E-state index contributed by atoms with van der Waals surface area (Å²) in [6.45, 7) is 1.79. The summed E-state index contributed by atoms with van der Waals surface area (Å²) in [5, 5.41) is 4.60. The zero-order valence-corrected chi connectivity index (χ0v) is 14.9. The first-order valence-electron chi connectivity index (χ1n) is 8.70. The molecule has 140 valence electrons. The van der Waals surface area contributed by atoms with Crippen molar-refractivity contribution in [1.29, 1.82) is 0 Å². The second-order valence-corrected chi connectivity index (χ2v) is 6.30. The lowest BCUT2D eigenvalue weighted by atomic mass is 10.0. The molecule has 0 fully saturated rings. The largest absolute Gasteiger partial charge is 0.463 e. The topological polar surface area (TPSA) is 58.9 Å². The highest BCUT2D eigenvalue weighted by Gasteiger charge is 2.22. The van der Waals surface area contributed by atoms with E-state index in [1.54, 1.807) is 19.3 Å². The summed E-state index contributed by atoms with van der Waals surface area (Å²) >= 11 is 0. The molecule has 1 heterocycles. The smallest absolute Gasteiger partial charge is 0.275 e. The first-order chi connectivity index (χ1) is 13.0. The first kappa shape index (κ1) is 18.8. The van der Waals surface area contributed by atoms with Gasteiger partial charge >= 0.3 is 0 Å². The second-order valence-electron chi connectivity index (χ2n) is 6.30.